The molecule has 7 rings (SSSR count). The molecule has 0 unspecified atom stereocenters. The molecule has 4 aromatic carbocycles. The van der Waals surface area contributed by atoms with E-state index in [1.165, 1.54) is 20.2 Å². The fraction of sp³-hybridized carbons (Fsp3) is 0.0769. The molecule has 0 saturated carbocycles. The second kappa shape index (κ2) is 11.8. The summed E-state index contributed by atoms with van der Waals surface area (Å²) in [7, 11) is 0. The van der Waals surface area contributed by atoms with E-state index in [2.05, 4.69) is 128 Å². The summed E-state index contributed by atoms with van der Waals surface area (Å²) < 4.78 is 0. The van der Waals surface area contributed by atoms with Gasteiger partial charge in [-0.2, -0.15) is 0 Å². The highest BCUT2D eigenvalue weighted by Crippen LogP contribution is 2.42. The number of rotatable bonds is 8. The van der Waals surface area contributed by atoms with Gasteiger partial charge in [0.2, 0.25) is 0 Å². The molecule has 0 amide bonds. The maximum Gasteiger partial charge on any atom is 0.335 e. The van der Waals surface area contributed by atoms with Gasteiger partial charge in [-0.1, -0.05) is 62.4 Å². The number of aromatic carboxylic acids is 1. The molecule has 3 heterocycles. The molecule has 1 N–H and O–H groups in total. The number of hydrogen-bond acceptors (Lipinski definition) is 5. The van der Waals surface area contributed by atoms with Crippen molar-refractivity contribution in [2.75, 3.05) is 4.90 Å². The molecule has 220 valence electrons. The lowest BCUT2D eigenvalue weighted by molar-refractivity contribution is 0.0696. The lowest BCUT2D eigenvalue weighted by Crippen LogP contribution is -2.24. The van der Waals surface area contributed by atoms with Crippen LogP contribution in [0.1, 0.15) is 34.6 Å². The Morgan fingerprint density at radius 1 is 0.689 bits per heavy atom. The predicted octanol–water partition coefficient (Wildman–Crippen LogP) is 11.4. The van der Waals surface area contributed by atoms with Crippen molar-refractivity contribution in [1.29, 1.82) is 0 Å². The molecule has 6 aromatic rings. The first-order valence-corrected chi connectivity index (χ1v) is 16.4. The molecule has 1 aliphatic heterocycles. The van der Waals surface area contributed by atoms with Crippen LogP contribution >= 0.6 is 22.7 Å². The zero-order chi connectivity index (χ0) is 31.0. The smallest absolute Gasteiger partial charge is 0.335 e. The van der Waals surface area contributed by atoms with Crippen LogP contribution in [0.15, 0.2) is 138 Å². The largest absolute Gasteiger partial charge is 0.478 e. The van der Waals surface area contributed by atoms with Crippen LogP contribution in [-0.2, 0) is 5.41 Å². The van der Waals surface area contributed by atoms with Crippen LogP contribution in [0.25, 0.3) is 26.3 Å². The molecule has 45 heavy (non-hydrogen) atoms. The Hall–Kier alpha value is -5.04. The van der Waals surface area contributed by atoms with E-state index in [0.29, 0.717) is 0 Å². The molecule has 0 radical (unpaired) electrons. The average molecular weight is 623 g/mol. The lowest BCUT2D eigenvalue weighted by Gasteiger charge is -2.25. The summed E-state index contributed by atoms with van der Waals surface area (Å²) in [4.78, 5) is 23.4. The predicted molar refractivity (Wildman–Crippen MR) is 190 cm³/mol. The Kier molecular flexibility index (Phi) is 7.53. The minimum absolute atomic E-state index is 0.290. The van der Waals surface area contributed by atoms with Crippen LogP contribution in [0.3, 0.4) is 0 Å². The highest BCUT2D eigenvalue weighted by Gasteiger charge is 2.34. The number of nitrogens with zero attached hydrogens (tertiary/aromatic N) is 2. The van der Waals surface area contributed by atoms with E-state index in [1.807, 2.05) is 12.1 Å². The van der Waals surface area contributed by atoms with E-state index in [1.54, 1.807) is 40.9 Å². The van der Waals surface area contributed by atoms with Crippen molar-refractivity contribution in [3.63, 3.8) is 0 Å². The van der Waals surface area contributed by atoms with E-state index in [-0.39, 0.29) is 11.0 Å². The number of carboxylic acids is 1. The molecule has 0 saturated heterocycles. The van der Waals surface area contributed by atoms with Gasteiger partial charge in [-0.15, -0.1) is 22.7 Å². The first kappa shape index (κ1) is 28.7. The van der Waals surface area contributed by atoms with Crippen molar-refractivity contribution in [2.24, 2.45) is 4.99 Å². The van der Waals surface area contributed by atoms with E-state index in [4.69, 9.17) is 4.99 Å². The maximum atomic E-state index is 11.5. The number of fused-ring (bicyclic) bond motifs is 1. The van der Waals surface area contributed by atoms with E-state index >= 15 is 0 Å². The molecule has 4 nitrogen and oxygen atoms in total. The van der Waals surface area contributed by atoms with Gasteiger partial charge in [-0.25, -0.2) is 4.79 Å². The summed E-state index contributed by atoms with van der Waals surface area (Å²) in [6.45, 7) is 4.18. The summed E-state index contributed by atoms with van der Waals surface area (Å²) in [5.74, 6) is -0.921. The molecule has 1 aliphatic rings. The number of anilines is 3. The highest BCUT2D eigenvalue weighted by molar-refractivity contribution is 7.24. The number of carboxylic acid groups (broad SMARTS) is 1. The van der Waals surface area contributed by atoms with Gasteiger partial charge >= 0.3 is 5.97 Å². The maximum absolute atomic E-state index is 11.5. The van der Waals surface area contributed by atoms with E-state index in [0.717, 1.165) is 38.9 Å². The number of para-hydroxylation sites is 2. The summed E-state index contributed by atoms with van der Waals surface area (Å²) in [5, 5.41) is 9.43. The molecule has 0 fully saturated rings. The zero-order valence-electron chi connectivity index (χ0n) is 24.8. The number of thiophene rings is 2. The van der Waals surface area contributed by atoms with Crippen molar-refractivity contribution in [3.05, 3.63) is 149 Å². The third-order valence-electron chi connectivity index (χ3n) is 8.12. The average Bonchev–Trinajstić information content (AvgIpc) is 3.80. The second-order valence-corrected chi connectivity index (χ2v) is 13.6. The van der Waals surface area contributed by atoms with Gasteiger partial charge in [0.25, 0.3) is 0 Å². The summed E-state index contributed by atoms with van der Waals surface area (Å²) in [6, 6.07) is 43.6. The Morgan fingerprint density at radius 3 is 1.96 bits per heavy atom. The quantitative estimate of drug-likeness (QED) is 0.184. The molecule has 6 heteroatoms. The van der Waals surface area contributed by atoms with Crippen molar-refractivity contribution < 1.29 is 9.90 Å². The van der Waals surface area contributed by atoms with Gasteiger partial charge in [0, 0.05) is 42.0 Å². The number of hydrogen-bond donors (Lipinski definition) is 1. The fourth-order valence-corrected chi connectivity index (χ4v) is 7.67. The highest BCUT2D eigenvalue weighted by atomic mass is 32.1. The number of aliphatic imine (C=N–C) groups is 1. The lowest BCUT2D eigenvalue weighted by atomic mass is 9.81. The van der Waals surface area contributed by atoms with Crippen LogP contribution < -0.4 is 4.90 Å². The Balaban J connectivity index is 1.08. The Morgan fingerprint density at radius 2 is 1.29 bits per heavy atom. The minimum atomic E-state index is -0.921. The zero-order valence-corrected chi connectivity index (χ0v) is 26.5. The van der Waals surface area contributed by atoms with Crippen LogP contribution in [0.2, 0.25) is 0 Å². The normalized spacial score (nSPS) is 13.5. The second-order valence-electron chi connectivity index (χ2n) is 11.4. The van der Waals surface area contributed by atoms with Gasteiger partial charge in [-0.3, -0.25) is 4.99 Å². The number of benzene rings is 4. The first-order chi connectivity index (χ1) is 21.9. The summed E-state index contributed by atoms with van der Waals surface area (Å²) in [5.41, 5.74) is 7.19. The van der Waals surface area contributed by atoms with E-state index < -0.39 is 5.97 Å². The van der Waals surface area contributed by atoms with Gasteiger partial charge in [-0.05, 0) is 102 Å². The van der Waals surface area contributed by atoms with Gasteiger partial charge in [0.1, 0.15) is 0 Å². The summed E-state index contributed by atoms with van der Waals surface area (Å²) in [6.07, 6.45) is 4.17. The topological polar surface area (TPSA) is 52.9 Å². The van der Waals surface area contributed by atoms with Crippen molar-refractivity contribution in [2.45, 2.75) is 19.3 Å². The van der Waals surface area contributed by atoms with Crippen molar-refractivity contribution >= 4 is 63.2 Å². The number of allylic oxidation sites excluding steroid dienone is 1. The van der Waals surface area contributed by atoms with Gasteiger partial charge in [0.15, 0.2) is 0 Å². The minimum Gasteiger partial charge on any atom is -0.478 e. The molecular formula is C39H30N2O2S2. The standard InChI is InChI=1S/C39H30N2O2S2/c1-39(2)32-25-27(38(42)43)15-20-33(32)40-37(39)24-19-31-18-21-35(44-31)36-23-22-34(45-36)26-13-16-30(17-14-26)41(28-9-5-3-6-10-28)29-11-7-4-8-12-29/h3-25H,1-2H3,(H,42,43)/b24-19+. The molecule has 2 aromatic heterocycles. The van der Waals surface area contributed by atoms with Crippen LogP contribution in [0, 0.1) is 0 Å². The fourth-order valence-electron chi connectivity index (χ4n) is 5.66. The Labute approximate surface area is 270 Å². The van der Waals surface area contributed by atoms with Crippen LogP contribution in [-0.4, -0.2) is 16.8 Å². The Bertz CT molecular complexity index is 2010. The molecule has 0 atom stereocenters. The molecule has 0 aliphatic carbocycles. The monoisotopic (exact) mass is 622 g/mol. The van der Waals surface area contributed by atoms with Crippen molar-refractivity contribution in [1.82, 2.24) is 0 Å². The number of carbonyl (C=O) groups is 1. The SMILES string of the molecule is CC1(C)C(/C=C/c2ccc(-c3ccc(-c4ccc(N(c5ccccc5)c5ccccc5)cc4)s3)s2)=Nc2ccc(C(=O)O)cc21. The van der Waals surface area contributed by atoms with Crippen molar-refractivity contribution in [3.8, 4) is 20.2 Å². The van der Waals surface area contributed by atoms with Gasteiger partial charge in [0.05, 0.1) is 17.0 Å². The third kappa shape index (κ3) is 5.66. The molecule has 0 bridgehead atoms. The third-order valence-corrected chi connectivity index (χ3v) is 10.5. The van der Waals surface area contributed by atoms with Crippen LogP contribution in [0.4, 0.5) is 22.7 Å². The first-order valence-electron chi connectivity index (χ1n) is 14.7. The molecular weight excluding hydrogens is 593 g/mol. The van der Waals surface area contributed by atoms with Gasteiger partial charge < -0.3 is 10.0 Å². The van der Waals surface area contributed by atoms with E-state index in [9.17, 15) is 9.90 Å². The molecule has 0 spiro atoms. The summed E-state index contributed by atoms with van der Waals surface area (Å²) >= 11 is 3.55. The van der Waals surface area contributed by atoms with Crippen LogP contribution in [0.5, 0.6) is 0 Å².